The summed E-state index contributed by atoms with van der Waals surface area (Å²) in [4.78, 5) is 15.2. The van der Waals surface area contributed by atoms with E-state index in [1.807, 2.05) is 18.2 Å². The Labute approximate surface area is 166 Å². The fourth-order valence-corrected chi connectivity index (χ4v) is 3.82. The smallest absolute Gasteiger partial charge is 0.259 e. The van der Waals surface area contributed by atoms with Crippen molar-refractivity contribution in [2.45, 2.75) is 39.2 Å². The minimum absolute atomic E-state index is 0.192. The molecule has 0 saturated carbocycles. The third-order valence-corrected chi connectivity index (χ3v) is 5.47. The fraction of sp³-hybridized carbons (Fsp3) is 0.409. The number of benzene rings is 2. The zero-order valence-corrected chi connectivity index (χ0v) is 17.0. The average molecular weight is 387 g/mol. The number of ether oxygens (including phenoxy) is 1. The number of carbonyl (C=O) groups is 1. The molecule has 3 rings (SSSR count). The number of nitrogens with one attached hydrogen (secondary N) is 1. The van der Waals surface area contributed by atoms with E-state index >= 15 is 0 Å². The summed E-state index contributed by atoms with van der Waals surface area (Å²) in [6.07, 6.45) is 3.96. The Bertz CT molecular complexity index is 835. The second-order valence-electron chi connectivity index (χ2n) is 7.13. The number of nitrogens with zero attached hydrogens (tertiary/aromatic N) is 1. The van der Waals surface area contributed by atoms with Crippen molar-refractivity contribution in [1.29, 1.82) is 0 Å². The summed E-state index contributed by atoms with van der Waals surface area (Å²) in [6.45, 7) is 4.03. The number of amides is 1. The molecule has 0 saturated heterocycles. The van der Waals surface area contributed by atoms with E-state index in [1.165, 1.54) is 11.1 Å². The molecule has 0 bridgehead atoms. The van der Waals surface area contributed by atoms with Gasteiger partial charge < -0.3 is 15.0 Å². The molecule has 27 heavy (non-hydrogen) atoms. The highest BCUT2D eigenvalue weighted by Gasteiger charge is 2.20. The van der Waals surface area contributed by atoms with Crippen molar-refractivity contribution in [2.75, 3.05) is 26.0 Å². The van der Waals surface area contributed by atoms with Gasteiger partial charge in [0.1, 0.15) is 5.75 Å². The monoisotopic (exact) mass is 386 g/mol. The third kappa shape index (κ3) is 4.45. The molecule has 2 aromatic rings. The molecule has 1 heterocycles. The van der Waals surface area contributed by atoms with Crippen LogP contribution in [0.25, 0.3) is 0 Å². The largest absolute Gasteiger partial charge is 0.496 e. The Morgan fingerprint density at radius 2 is 2.15 bits per heavy atom. The molecule has 0 aromatic heterocycles. The number of anilines is 1. The van der Waals surface area contributed by atoms with Gasteiger partial charge in [-0.15, -0.1) is 0 Å². The number of fused-ring (bicyclic) bond motifs is 1. The molecule has 0 atom stereocenters. The van der Waals surface area contributed by atoms with Crippen molar-refractivity contribution in [3.63, 3.8) is 0 Å². The lowest BCUT2D eigenvalue weighted by molar-refractivity contribution is 0.102. The van der Waals surface area contributed by atoms with E-state index in [-0.39, 0.29) is 5.91 Å². The van der Waals surface area contributed by atoms with Gasteiger partial charge in [0.05, 0.1) is 12.7 Å². The van der Waals surface area contributed by atoms with E-state index in [9.17, 15) is 4.79 Å². The molecule has 1 aliphatic rings. The van der Waals surface area contributed by atoms with Gasteiger partial charge in [-0.2, -0.15) is 0 Å². The number of hydrogen-bond donors (Lipinski definition) is 1. The van der Waals surface area contributed by atoms with E-state index < -0.39 is 0 Å². The van der Waals surface area contributed by atoms with Gasteiger partial charge in [-0.05, 0) is 61.2 Å². The van der Waals surface area contributed by atoms with Crippen LogP contribution in [0.15, 0.2) is 30.3 Å². The third-order valence-electron chi connectivity index (χ3n) is 5.12. The summed E-state index contributed by atoms with van der Waals surface area (Å²) >= 11 is 6.43. The lowest BCUT2D eigenvalue weighted by Gasteiger charge is -2.26. The van der Waals surface area contributed by atoms with Crippen LogP contribution in [-0.4, -0.2) is 31.5 Å². The molecule has 144 valence electrons. The summed E-state index contributed by atoms with van der Waals surface area (Å²) in [5.74, 6) is 0.371. The molecule has 0 radical (unpaired) electrons. The zero-order chi connectivity index (χ0) is 19.4. The van der Waals surface area contributed by atoms with Gasteiger partial charge in [0.15, 0.2) is 0 Å². The van der Waals surface area contributed by atoms with E-state index in [2.05, 4.69) is 30.3 Å². The molecule has 4 nitrogen and oxygen atoms in total. The number of unbranched alkanes of at least 4 members (excludes halogenated alkanes) is 1. The van der Waals surface area contributed by atoms with Gasteiger partial charge in [-0.1, -0.05) is 37.1 Å². The van der Waals surface area contributed by atoms with Crippen LogP contribution in [0.5, 0.6) is 5.75 Å². The number of rotatable bonds is 6. The Morgan fingerprint density at radius 3 is 2.89 bits per heavy atom. The number of hydrogen-bond acceptors (Lipinski definition) is 3. The first-order valence-electron chi connectivity index (χ1n) is 9.50. The van der Waals surface area contributed by atoms with Crippen molar-refractivity contribution >= 4 is 23.2 Å². The molecule has 2 aromatic carbocycles. The highest BCUT2D eigenvalue weighted by atomic mass is 35.5. The van der Waals surface area contributed by atoms with Crippen LogP contribution in [0.1, 0.15) is 46.8 Å². The van der Waals surface area contributed by atoms with Crippen LogP contribution < -0.4 is 10.1 Å². The molecule has 1 N–H and O–H groups in total. The first-order valence-corrected chi connectivity index (χ1v) is 9.88. The first-order chi connectivity index (χ1) is 13.0. The standard InChI is InChI=1S/C22H27ClN2O2/c1-4-5-7-15-12-21(27-3)18(13-19(15)23)22(26)24-20-9-6-8-16-14-25(2)11-10-17(16)20/h6,8-9,12-13H,4-5,7,10-11,14H2,1-3H3,(H,24,26). The van der Waals surface area contributed by atoms with E-state index in [4.69, 9.17) is 16.3 Å². The molecule has 1 amide bonds. The van der Waals surface area contributed by atoms with Crippen LogP contribution in [0, 0.1) is 0 Å². The number of halogens is 1. The fourth-order valence-electron chi connectivity index (χ4n) is 3.56. The molecule has 0 fully saturated rings. The quantitative estimate of drug-likeness (QED) is 0.765. The van der Waals surface area contributed by atoms with Crippen molar-refractivity contribution in [3.8, 4) is 5.75 Å². The molecule has 5 heteroatoms. The lowest BCUT2D eigenvalue weighted by Crippen LogP contribution is -2.27. The van der Waals surface area contributed by atoms with Crippen LogP contribution in [0.4, 0.5) is 5.69 Å². The first kappa shape index (κ1) is 19.7. The Morgan fingerprint density at radius 1 is 1.33 bits per heavy atom. The van der Waals surface area contributed by atoms with E-state index in [0.29, 0.717) is 16.3 Å². The topological polar surface area (TPSA) is 41.6 Å². The highest BCUT2D eigenvalue weighted by Crippen LogP contribution is 2.30. The van der Waals surface area contributed by atoms with Crippen molar-refractivity contribution in [3.05, 3.63) is 57.6 Å². The van der Waals surface area contributed by atoms with Crippen LogP contribution in [-0.2, 0) is 19.4 Å². The summed E-state index contributed by atoms with van der Waals surface area (Å²) in [5.41, 5.74) is 4.84. The summed E-state index contributed by atoms with van der Waals surface area (Å²) in [6, 6.07) is 9.70. The lowest BCUT2D eigenvalue weighted by atomic mass is 9.97. The Hall–Kier alpha value is -2.04. The van der Waals surface area contributed by atoms with Gasteiger partial charge in [-0.25, -0.2) is 0 Å². The van der Waals surface area contributed by atoms with Gasteiger partial charge in [-0.3, -0.25) is 4.79 Å². The summed E-state index contributed by atoms with van der Waals surface area (Å²) in [7, 11) is 3.70. The number of methoxy groups -OCH3 is 1. The van der Waals surface area contributed by atoms with Crippen molar-refractivity contribution in [1.82, 2.24) is 4.90 Å². The second-order valence-corrected chi connectivity index (χ2v) is 7.54. The SMILES string of the molecule is CCCCc1cc(OC)c(C(=O)Nc2cccc3c2CCN(C)C3)cc1Cl. The minimum atomic E-state index is -0.192. The average Bonchev–Trinajstić information content (AvgIpc) is 2.66. The summed E-state index contributed by atoms with van der Waals surface area (Å²) in [5, 5.41) is 3.69. The van der Waals surface area contributed by atoms with Crippen LogP contribution in [0.3, 0.4) is 0 Å². The zero-order valence-electron chi connectivity index (χ0n) is 16.3. The van der Waals surface area contributed by atoms with Crippen molar-refractivity contribution < 1.29 is 9.53 Å². The number of aryl methyl sites for hydroxylation is 1. The normalized spacial score (nSPS) is 13.9. The molecular formula is C22H27ClN2O2. The second kappa shape index (κ2) is 8.77. The van der Waals surface area contributed by atoms with Crippen LogP contribution >= 0.6 is 11.6 Å². The van der Waals surface area contributed by atoms with Crippen molar-refractivity contribution in [2.24, 2.45) is 0 Å². The van der Waals surface area contributed by atoms with Crippen LogP contribution in [0.2, 0.25) is 5.02 Å². The highest BCUT2D eigenvalue weighted by molar-refractivity contribution is 6.32. The predicted molar refractivity (Wildman–Crippen MR) is 111 cm³/mol. The maximum atomic E-state index is 13.0. The Balaban J connectivity index is 1.87. The molecule has 1 aliphatic heterocycles. The van der Waals surface area contributed by atoms with E-state index in [1.54, 1.807) is 13.2 Å². The molecule has 0 spiro atoms. The number of carbonyl (C=O) groups excluding carboxylic acids is 1. The van der Waals surface area contributed by atoms with E-state index in [0.717, 1.165) is 50.0 Å². The number of likely N-dealkylation sites (N-methyl/N-ethyl adjacent to an activating group) is 1. The van der Waals surface area contributed by atoms with Gasteiger partial charge in [0.25, 0.3) is 5.91 Å². The maximum Gasteiger partial charge on any atom is 0.259 e. The molecular weight excluding hydrogens is 360 g/mol. The molecule has 0 aliphatic carbocycles. The van der Waals surface area contributed by atoms with Gasteiger partial charge in [0.2, 0.25) is 0 Å². The summed E-state index contributed by atoms with van der Waals surface area (Å²) < 4.78 is 5.48. The van der Waals surface area contributed by atoms with Gasteiger partial charge in [0, 0.05) is 23.8 Å². The molecule has 0 unspecified atom stereocenters. The van der Waals surface area contributed by atoms with Gasteiger partial charge >= 0.3 is 0 Å². The Kier molecular flexibility index (Phi) is 6.40. The predicted octanol–water partition coefficient (Wildman–Crippen LogP) is 4.93. The maximum absolute atomic E-state index is 13.0. The minimum Gasteiger partial charge on any atom is -0.496 e.